The van der Waals surface area contributed by atoms with Crippen LogP contribution in [-0.2, 0) is 0 Å². The second-order valence-corrected chi connectivity index (χ2v) is 7.15. The van der Waals surface area contributed by atoms with Crippen molar-refractivity contribution >= 4 is 39.7 Å². The first-order chi connectivity index (χ1) is 12.9. The van der Waals surface area contributed by atoms with Crippen LogP contribution >= 0.6 is 11.3 Å². The van der Waals surface area contributed by atoms with Crippen molar-refractivity contribution in [2.45, 2.75) is 20.8 Å². The van der Waals surface area contributed by atoms with E-state index in [4.69, 9.17) is 0 Å². The van der Waals surface area contributed by atoms with Crippen molar-refractivity contribution < 1.29 is 9.90 Å². The van der Waals surface area contributed by atoms with Crippen LogP contribution in [0.4, 0.5) is 22.5 Å². The molecule has 0 fully saturated rings. The largest absolute Gasteiger partial charge is 0.508 e. The molecule has 3 rings (SSSR count). The summed E-state index contributed by atoms with van der Waals surface area (Å²) >= 11 is 1.24. The standard InChI is InChI=1S/C19H21N5O2S/c1-10-5-7-13(25)12(3)16(10)23-18(26)14-9-21-19(27-14)24-17-11(2)6-8-15(20-4)22-17/h5-9,25H,1-4H3,(H,23,26)(H2,20,21,22,24). The minimum Gasteiger partial charge on any atom is -0.508 e. The molecule has 0 radical (unpaired) electrons. The van der Waals surface area contributed by atoms with Crippen molar-refractivity contribution in [2.75, 3.05) is 23.0 Å². The van der Waals surface area contributed by atoms with Crippen LogP contribution in [0.25, 0.3) is 0 Å². The molecule has 4 N–H and O–H groups in total. The summed E-state index contributed by atoms with van der Waals surface area (Å²) in [4.78, 5) is 21.8. The number of pyridine rings is 1. The number of benzene rings is 1. The number of thiazole rings is 1. The van der Waals surface area contributed by atoms with Crippen molar-refractivity contribution in [3.63, 3.8) is 0 Å². The van der Waals surface area contributed by atoms with Crippen LogP contribution in [0.15, 0.2) is 30.5 Å². The quantitative estimate of drug-likeness (QED) is 0.527. The van der Waals surface area contributed by atoms with Gasteiger partial charge < -0.3 is 21.1 Å². The van der Waals surface area contributed by atoms with Gasteiger partial charge in [0.15, 0.2) is 5.13 Å². The molecule has 0 atom stereocenters. The number of hydrogen-bond acceptors (Lipinski definition) is 7. The molecule has 0 aliphatic rings. The van der Waals surface area contributed by atoms with Crippen LogP contribution in [0, 0.1) is 20.8 Å². The highest BCUT2D eigenvalue weighted by atomic mass is 32.1. The third-order valence-electron chi connectivity index (χ3n) is 4.19. The summed E-state index contributed by atoms with van der Waals surface area (Å²) in [5.74, 6) is 1.30. The first-order valence-electron chi connectivity index (χ1n) is 8.38. The molecule has 140 valence electrons. The Bertz CT molecular complexity index is 1000. The van der Waals surface area contributed by atoms with Crippen LogP contribution < -0.4 is 16.0 Å². The number of carbonyl (C=O) groups is 1. The molecule has 27 heavy (non-hydrogen) atoms. The van der Waals surface area contributed by atoms with Gasteiger partial charge in [-0.2, -0.15) is 0 Å². The molecular formula is C19H21N5O2S. The summed E-state index contributed by atoms with van der Waals surface area (Å²) < 4.78 is 0. The monoisotopic (exact) mass is 383 g/mol. The number of amides is 1. The van der Waals surface area contributed by atoms with E-state index in [0.29, 0.717) is 27.1 Å². The second kappa shape index (κ2) is 7.63. The van der Waals surface area contributed by atoms with Crippen LogP contribution in [0.3, 0.4) is 0 Å². The van der Waals surface area contributed by atoms with Crippen molar-refractivity contribution in [1.82, 2.24) is 9.97 Å². The number of aromatic nitrogens is 2. The lowest BCUT2D eigenvalue weighted by Crippen LogP contribution is -2.12. The fourth-order valence-electron chi connectivity index (χ4n) is 2.54. The lowest BCUT2D eigenvalue weighted by atomic mass is 10.1. The van der Waals surface area contributed by atoms with Crippen LogP contribution in [0.5, 0.6) is 5.75 Å². The van der Waals surface area contributed by atoms with Gasteiger partial charge in [0.05, 0.1) is 11.9 Å². The highest BCUT2D eigenvalue weighted by molar-refractivity contribution is 7.17. The normalized spacial score (nSPS) is 10.5. The number of hydrogen-bond donors (Lipinski definition) is 4. The predicted octanol–water partition coefficient (Wildman–Crippen LogP) is 4.21. The van der Waals surface area contributed by atoms with Gasteiger partial charge in [-0.1, -0.05) is 23.5 Å². The fraction of sp³-hybridized carbons (Fsp3) is 0.211. The average molecular weight is 383 g/mol. The molecule has 7 nitrogen and oxygen atoms in total. The number of phenolic OH excluding ortho intramolecular Hbond substituents is 1. The number of carbonyl (C=O) groups excluding carboxylic acids is 1. The molecule has 0 aliphatic carbocycles. The van der Waals surface area contributed by atoms with Crippen molar-refractivity contribution in [3.8, 4) is 5.75 Å². The minimum absolute atomic E-state index is 0.147. The molecule has 0 saturated heterocycles. The summed E-state index contributed by atoms with van der Waals surface area (Å²) in [6, 6.07) is 7.22. The molecule has 0 saturated carbocycles. The van der Waals surface area contributed by atoms with Gasteiger partial charge in [0, 0.05) is 12.6 Å². The van der Waals surface area contributed by atoms with Crippen molar-refractivity contribution in [2.24, 2.45) is 0 Å². The van der Waals surface area contributed by atoms with E-state index in [0.717, 1.165) is 16.9 Å². The number of nitrogens with one attached hydrogen (secondary N) is 3. The molecule has 0 bridgehead atoms. The minimum atomic E-state index is -0.272. The second-order valence-electron chi connectivity index (χ2n) is 6.12. The first kappa shape index (κ1) is 18.7. The number of anilines is 4. The summed E-state index contributed by atoms with van der Waals surface area (Å²) in [5, 5.41) is 19.4. The topological polar surface area (TPSA) is 99.2 Å². The van der Waals surface area contributed by atoms with Gasteiger partial charge in [0.25, 0.3) is 5.91 Å². The number of phenols is 1. The maximum absolute atomic E-state index is 12.6. The maximum Gasteiger partial charge on any atom is 0.267 e. The van der Waals surface area contributed by atoms with Gasteiger partial charge in [-0.15, -0.1) is 0 Å². The van der Waals surface area contributed by atoms with E-state index in [-0.39, 0.29) is 11.7 Å². The number of aryl methyl sites for hydroxylation is 2. The third-order valence-corrected chi connectivity index (χ3v) is 5.10. The number of nitrogens with zero attached hydrogens (tertiary/aromatic N) is 2. The van der Waals surface area contributed by atoms with E-state index in [1.54, 1.807) is 26.1 Å². The molecule has 8 heteroatoms. The zero-order chi connectivity index (χ0) is 19.6. The van der Waals surface area contributed by atoms with Crippen LogP contribution in [0.1, 0.15) is 26.4 Å². The Balaban J connectivity index is 1.78. The Labute approximate surface area is 161 Å². The van der Waals surface area contributed by atoms with E-state index in [9.17, 15) is 9.90 Å². The molecule has 0 unspecified atom stereocenters. The van der Waals surface area contributed by atoms with Crippen LogP contribution in [-0.4, -0.2) is 28.0 Å². The average Bonchev–Trinajstić information content (AvgIpc) is 3.12. The lowest BCUT2D eigenvalue weighted by Gasteiger charge is -2.12. The Kier molecular flexibility index (Phi) is 5.27. The Hall–Kier alpha value is -3.13. The van der Waals surface area contributed by atoms with Gasteiger partial charge >= 0.3 is 0 Å². The van der Waals surface area contributed by atoms with E-state index >= 15 is 0 Å². The van der Waals surface area contributed by atoms with Gasteiger partial charge in [0.1, 0.15) is 22.3 Å². The van der Waals surface area contributed by atoms with E-state index in [2.05, 4.69) is 25.9 Å². The van der Waals surface area contributed by atoms with Crippen molar-refractivity contribution in [1.29, 1.82) is 0 Å². The zero-order valence-corrected chi connectivity index (χ0v) is 16.4. The smallest absolute Gasteiger partial charge is 0.267 e. The SMILES string of the molecule is CNc1ccc(C)c(Nc2ncc(C(=O)Nc3c(C)ccc(O)c3C)s2)n1. The van der Waals surface area contributed by atoms with Gasteiger partial charge in [-0.25, -0.2) is 9.97 Å². The molecule has 2 heterocycles. The molecule has 1 aromatic carbocycles. The summed E-state index contributed by atoms with van der Waals surface area (Å²) in [5.41, 5.74) is 3.10. The summed E-state index contributed by atoms with van der Waals surface area (Å²) in [6.07, 6.45) is 1.52. The van der Waals surface area contributed by atoms with Crippen molar-refractivity contribution in [3.05, 3.63) is 52.0 Å². The highest BCUT2D eigenvalue weighted by Crippen LogP contribution is 2.30. The highest BCUT2D eigenvalue weighted by Gasteiger charge is 2.15. The fourth-order valence-corrected chi connectivity index (χ4v) is 3.25. The molecule has 2 aromatic heterocycles. The predicted molar refractivity (Wildman–Crippen MR) is 109 cm³/mol. The van der Waals surface area contributed by atoms with E-state index in [1.165, 1.54) is 17.5 Å². The Morgan fingerprint density at radius 3 is 2.59 bits per heavy atom. The van der Waals surface area contributed by atoms with Crippen LogP contribution in [0.2, 0.25) is 0 Å². The lowest BCUT2D eigenvalue weighted by molar-refractivity contribution is 0.103. The molecular weight excluding hydrogens is 362 g/mol. The number of rotatable bonds is 5. The van der Waals surface area contributed by atoms with E-state index < -0.39 is 0 Å². The maximum atomic E-state index is 12.6. The van der Waals surface area contributed by atoms with E-state index in [1.807, 2.05) is 26.0 Å². The van der Waals surface area contributed by atoms with Gasteiger partial charge in [0.2, 0.25) is 0 Å². The van der Waals surface area contributed by atoms with Gasteiger partial charge in [-0.3, -0.25) is 4.79 Å². The number of aromatic hydroxyl groups is 1. The zero-order valence-electron chi connectivity index (χ0n) is 15.5. The Morgan fingerprint density at radius 1 is 1.11 bits per heavy atom. The molecule has 3 aromatic rings. The summed E-state index contributed by atoms with van der Waals surface area (Å²) in [6.45, 7) is 5.59. The summed E-state index contributed by atoms with van der Waals surface area (Å²) in [7, 11) is 1.80. The first-order valence-corrected chi connectivity index (χ1v) is 9.19. The van der Waals surface area contributed by atoms with Gasteiger partial charge in [-0.05, 0) is 44.0 Å². The molecule has 0 aliphatic heterocycles. The molecule has 0 spiro atoms. The molecule has 1 amide bonds. The third kappa shape index (κ3) is 4.01. The Morgan fingerprint density at radius 2 is 1.85 bits per heavy atom.